The van der Waals surface area contributed by atoms with Crippen molar-refractivity contribution in [1.82, 2.24) is 4.98 Å². The monoisotopic (exact) mass is 218 g/mol. The SMILES string of the molecule is CCC1CCC(C)N1c1ccc(C=O)cn1. The van der Waals surface area contributed by atoms with E-state index < -0.39 is 0 Å². The topological polar surface area (TPSA) is 33.2 Å². The standard InChI is InChI=1S/C13H18N2O/c1-3-12-6-4-10(2)15(12)13-7-5-11(9-16)8-14-13/h5,7-10,12H,3-4,6H2,1-2H3. The van der Waals surface area contributed by atoms with Crippen molar-refractivity contribution < 1.29 is 4.79 Å². The molecule has 2 heterocycles. The number of hydrogen-bond donors (Lipinski definition) is 0. The van der Waals surface area contributed by atoms with Gasteiger partial charge in [0.15, 0.2) is 6.29 Å². The van der Waals surface area contributed by atoms with Gasteiger partial charge in [-0.05, 0) is 38.3 Å². The number of aldehydes is 1. The Hall–Kier alpha value is -1.38. The van der Waals surface area contributed by atoms with Crippen molar-refractivity contribution in [2.45, 2.75) is 45.2 Å². The zero-order valence-electron chi connectivity index (χ0n) is 9.89. The maximum Gasteiger partial charge on any atom is 0.151 e. The van der Waals surface area contributed by atoms with E-state index in [2.05, 4.69) is 23.7 Å². The quantitative estimate of drug-likeness (QED) is 0.731. The Morgan fingerprint density at radius 3 is 2.88 bits per heavy atom. The molecule has 0 bridgehead atoms. The number of aromatic nitrogens is 1. The lowest BCUT2D eigenvalue weighted by Gasteiger charge is -2.29. The summed E-state index contributed by atoms with van der Waals surface area (Å²) in [5, 5.41) is 0. The van der Waals surface area contributed by atoms with Crippen LogP contribution in [0.25, 0.3) is 0 Å². The van der Waals surface area contributed by atoms with Crippen LogP contribution < -0.4 is 4.90 Å². The summed E-state index contributed by atoms with van der Waals surface area (Å²) in [6.07, 6.45) is 6.12. The summed E-state index contributed by atoms with van der Waals surface area (Å²) < 4.78 is 0. The molecule has 1 aliphatic rings. The maximum atomic E-state index is 10.6. The van der Waals surface area contributed by atoms with E-state index in [-0.39, 0.29) is 0 Å². The number of rotatable bonds is 3. The van der Waals surface area contributed by atoms with E-state index in [1.165, 1.54) is 12.8 Å². The van der Waals surface area contributed by atoms with Crippen molar-refractivity contribution >= 4 is 12.1 Å². The summed E-state index contributed by atoms with van der Waals surface area (Å²) >= 11 is 0. The number of anilines is 1. The molecule has 0 spiro atoms. The largest absolute Gasteiger partial charge is 0.351 e. The van der Waals surface area contributed by atoms with Gasteiger partial charge in [0.2, 0.25) is 0 Å². The van der Waals surface area contributed by atoms with Gasteiger partial charge in [0.1, 0.15) is 5.82 Å². The third-order valence-corrected chi connectivity index (χ3v) is 3.43. The molecule has 0 N–H and O–H groups in total. The molecular formula is C13H18N2O. The molecule has 2 unspecified atom stereocenters. The van der Waals surface area contributed by atoms with Crippen molar-refractivity contribution in [3.63, 3.8) is 0 Å². The van der Waals surface area contributed by atoms with Crippen molar-refractivity contribution in [3.05, 3.63) is 23.9 Å². The van der Waals surface area contributed by atoms with E-state index >= 15 is 0 Å². The molecule has 2 atom stereocenters. The molecule has 0 aliphatic carbocycles. The molecule has 0 amide bonds. The molecule has 1 fully saturated rings. The maximum absolute atomic E-state index is 10.6. The van der Waals surface area contributed by atoms with Gasteiger partial charge in [-0.3, -0.25) is 4.79 Å². The number of pyridine rings is 1. The second-order valence-corrected chi connectivity index (χ2v) is 4.46. The van der Waals surface area contributed by atoms with Crippen molar-refractivity contribution in [2.75, 3.05) is 4.90 Å². The number of nitrogens with zero attached hydrogens (tertiary/aromatic N) is 2. The summed E-state index contributed by atoms with van der Waals surface area (Å²) in [4.78, 5) is 17.3. The van der Waals surface area contributed by atoms with Gasteiger partial charge >= 0.3 is 0 Å². The average molecular weight is 218 g/mol. The Bertz CT molecular complexity index is 361. The molecule has 16 heavy (non-hydrogen) atoms. The van der Waals surface area contributed by atoms with Crippen molar-refractivity contribution in [3.8, 4) is 0 Å². The molecule has 0 aromatic carbocycles. The van der Waals surface area contributed by atoms with Crippen LogP contribution in [0.2, 0.25) is 0 Å². The van der Waals surface area contributed by atoms with Crippen LogP contribution in [0.3, 0.4) is 0 Å². The molecular weight excluding hydrogens is 200 g/mol. The van der Waals surface area contributed by atoms with Crippen LogP contribution in [0.15, 0.2) is 18.3 Å². The van der Waals surface area contributed by atoms with Crippen molar-refractivity contribution in [1.29, 1.82) is 0 Å². The van der Waals surface area contributed by atoms with Gasteiger partial charge < -0.3 is 4.90 Å². The van der Waals surface area contributed by atoms with E-state index in [0.717, 1.165) is 18.5 Å². The normalized spacial score (nSPS) is 24.8. The summed E-state index contributed by atoms with van der Waals surface area (Å²) in [5.41, 5.74) is 0.642. The number of carbonyl (C=O) groups is 1. The fraction of sp³-hybridized carbons (Fsp3) is 0.538. The predicted octanol–water partition coefficient (Wildman–Crippen LogP) is 2.66. The van der Waals surface area contributed by atoms with Gasteiger partial charge in [-0.2, -0.15) is 0 Å². The molecule has 0 saturated carbocycles. The minimum atomic E-state index is 0.555. The summed E-state index contributed by atoms with van der Waals surface area (Å²) in [5.74, 6) is 1.00. The van der Waals surface area contributed by atoms with Gasteiger partial charge in [0.25, 0.3) is 0 Å². The lowest BCUT2D eigenvalue weighted by Crippen LogP contribution is -2.34. The predicted molar refractivity (Wildman–Crippen MR) is 64.9 cm³/mol. The minimum Gasteiger partial charge on any atom is -0.351 e. The summed E-state index contributed by atoms with van der Waals surface area (Å²) in [6.45, 7) is 4.46. The van der Waals surface area contributed by atoms with Crippen molar-refractivity contribution in [2.24, 2.45) is 0 Å². The first kappa shape index (κ1) is 11.1. The molecule has 1 aromatic rings. The van der Waals surface area contributed by atoms with E-state index in [1.54, 1.807) is 6.20 Å². The van der Waals surface area contributed by atoms with Crippen LogP contribution in [0, 0.1) is 0 Å². The lowest BCUT2D eigenvalue weighted by atomic mass is 10.1. The Morgan fingerprint density at radius 1 is 1.50 bits per heavy atom. The van der Waals surface area contributed by atoms with Crippen LogP contribution in [0.5, 0.6) is 0 Å². The van der Waals surface area contributed by atoms with E-state index in [4.69, 9.17) is 0 Å². The zero-order chi connectivity index (χ0) is 11.5. The van der Waals surface area contributed by atoms with Crippen LogP contribution in [0.1, 0.15) is 43.5 Å². The average Bonchev–Trinajstić information content (AvgIpc) is 2.70. The van der Waals surface area contributed by atoms with Gasteiger partial charge in [-0.15, -0.1) is 0 Å². The third-order valence-electron chi connectivity index (χ3n) is 3.43. The molecule has 3 heteroatoms. The highest BCUT2D eigenvalue weighted by atomic mass is 16.1. The molecule has 1 saturated heterocycles. The Labute approximate surface area is 96.5 Å². The minimum absolute atomic E-state index is 0.555. The fourth-order valence-corrected chi connectivity index (χ4v) is 2.51. The van der Waals surface area contributed by atoms with E-state index in [9.17, 15) is 4.79 Å². The second kappa shape index (κ2) is 4.64. The van der Waals surface area contributed by atoms with Gasteiger partial charge in [0, 0.05) is 23.8 Å². The third kappa shape index (κ3) is 1.94. The highest BCUT2D eigenvalue weighted by Crippen LogP contribution is 2.30. The molecule has 1 aliphatic heterocycles. The first-order valence-corrected chi connectivity index (χ1v) is 5.95. The van der Waals surface area contributed by atoms with E-state index in [1.807, 2.05) is 12.1 Å². The number of hydrogen-bond acceptors (Lipinski definition) is 3. The highest BCUT2D eigenvalue weighted by molar-refractivity contribution is 5.74. The van der Waals surface area contributed by atoms with Crippen LogP contribution in [0.4, 0.5) is 5.82 Å². The zero-order valence-corrected chi connectivity index (χ0v) is 9.89. The Morgan fingerprint density at radius 2 is 2.31 bits per heavy atom. The molecule has 86 valence electrons. The first-order chi connectivity index (χ1) is 7.76. The van der Waals surface area contributed by atoms with Crippen LogP contribution in [-0.4, -0.2) is 23.4 Å². The van der Waals surface area contributed by atoms with E-state index in [0.29, 0.717) is 17.6 Å². The van der Waals surface area contributed by atoms with Gasteiger partial charge in [-0.1, -0.05) is 6.92 Å². The number of carbonyl (C=O) groups excluding carboxylic acids is 1. The Balaban J connectivity index is 2.24. The summed E-state index contributed by atoms with van der Waals surface area (Å²) in [7, 11) is 0. The fourth-order valence-electron chi connectivity index (χ4n) is 2.51. The highest BCUT2D eigenvalue weighted by Gasteiger charge is 2.29. The smallest absolute Gasteiger partial charge is 0.151 e. The van der Waals surface area contributed by atoms with Crippen LogP contribution >= 0.6 is 0 Å². The molecule has 1 aromatic heterocycles. The second-order valence-electron chi connectivity index (χ2n) is 4.46. The molecule has 2 rings (SSSR count). The lowest BCUT2D eigenvalue weighted by molar-refractivity contribution is 0.112. The summed E-state index contributed by atoms with van der Waals surface area (Å²) in [6, 6.07) is 4.95. The molecule has 0 radical (unpaired) electrons. The Kier molecular flexibility index (Phi) is 3.22. The van der Waals surface area contributed by atoms with Gasteiger partial charge in [0.05, 0.1) is 0 Å². The first-order valence-electron chi connectivity index (χ1n) is 5.95. The molecule has 3 nitrogen and oxygen atoms in total. The van der Waals surface area contributed by atoms with Crippen LogP contribution in [-0.2, 0) is 0 Å². The van der Waals surface area contributed by atoms with Gasteiger partial charge in [-0.25, -0.2) is 4.98 Å².